The van der Waals surface area contributed by atoms with Gasteiger partial charge in [0.15, 0.2) is 6.61 Å². The van der Waals surface area contributed by atoms with Crippen LogP contribution in [0.3, 0.4) is 0 Å². The Hall–Kier alpha value is -1.54. The highest BCUT2D eigenvalue weighted by Crippen LogP contribution is 1.78. The third kappa shape index (κ3) is 5.70. The summed E-state index contributed by atoms with van der Waals surface area (Å²) in [5.74, 6) is 1.15. The number of carbonyl (C=O) groups is 2. The van der Waals surface area contributed by atoms with Crippen molar-refractivity contribution in [3.63, 3.8) is 0 Å². The van der Waals surface area contributed by atoms with E-state index in [9.17, 15) is 9.59 Å². The van der Waals surface area contributed by atoms with Gasteiger partial charge in [-0.2, -0.15) is 0 Å². The summed E-state index contributed by atoms with van der Waals surface area (Å²) in [7, 11) is 0. The lowest BCUT2D eigenvalue weighted by molar-refractivity contribution is -0.142. The van der Waals surface area contributed by atoms with Gasteiger partial charge in [-0.05, 0) is 6.92 Å². The number of nitrogens with two attached hydrogens (primary N) is 1. The molecule has 0 aliphatic heterocycles. The Morgan fingerprint density at radius 2 is 2.31 bits per heavy atom. The van der Waals surface area contributed by atoms with Crippen LogP contribution in [0.5, 0.6) is 0 Å². The van der Waals surface area contributed by atoms with E-state index in [0.29, 0.717) is 0 Å². The second kappa shape index (κ2) is 6.03. The van der Waals surface area contributed by atoms with Gasteiger partial charge in [-0.1, -0.05) is 5.92 Å². The third-order valence-corrected chi connectivity index (χ3v) is 1.14. The lowest BCUT2D eigenvalue weighted by atomic mass is 10.3. The molecule has 0 fully saturated rings. The number of amides is 1. The molecule has 0 aromatic rings. The van der Waals surface area contributed by atoms with E-state index in [1.165, 1.54) is 6.92 Å². The minimum atomic E-state index is -0.638. The number of esters is 1. The van der Waals surface area contributed by atoms with Crippen molar-refractivity contribution in [3.05, 3.63) is 0 Å². The normalized spacial score (nSPS) is 11.2. The van der Waals surface area contributed by atoms with Crippen molar-refractivity contribution in [2.75, 3.05) is 13.2 Å². The first-order chi connectivity index (χ1) is 6.07. The minimum Gasteiger partial charge on any atom is -0.451 e. The summed E-state index contributed by atoms with van der Waals surface area (Å²) in [6, 6.07) is -0.638. The Labute approximate surface area is 76.6 Å². The Morgan fingerprint density at radius 1 is 1.69 bits per heavy atom. The summed E-state index contributed by atoms with van der Waals surface area (Å²) >= 11 is 0. The molecule has 3 N–H and O–H groups in total. The van der Waals surface area contributed by atoms with Gasteiger partial charge in [-0.25, -0.2) is 0 Å². The predicted octanol–water partition coefficient (Wildman–Crippen LogP) is -1.37. The van der Waals surface area contributed by atoms with Crippen LogP contribution in [0.25, 0.3) is 0 Å². The minimum absolute atomic E-state index is 0.0904. The quantitative estimate of drug-likeness (QED) is 0.417. The molecule has 0 rings (SSSR count). The molecule has 0 heterocycles. The fourth-order valence-electron chi connectivity index (χ4n) is 0.493. The molecular formula is C8H12N2O3. The van der Waals surface area contributed by atoms with Gasteiger partial charge in [0.25, 0.3) is 0 Å². The number of nitrogens with one attached hydrogen (secondary N) is 1. The zero-order chi connectivity index (χ0) is 10.3. The Bertz CT molecular complexity index is 230. The van der Waals surface area contributed by atoms with E-state index in [0.717, 1.165) is 0 Å². The topological polar surface area (TPSA) is 81.4 Å². The maximum absolute atomic E-state index is 10.8. The number of hydrogen-bond donors (Lipinski definition) is 2. The van der Waals surface area contributed by atoms with Gasteiger partial charge < -0.3 is 15.8 Å². The van der Waals surface area contributed by atoms with Gasteiger partial charge in [0.05, 0.1) is 6.04 Å². The molecule has 0 spiro atoms. The first-order valence-electron chi connectivity index (χ1n) is 3.70. The highest BCUT2D eigenvalue weighted by Gasteiger charge is 2.09. The van der Waals surface area contributed by atoms with Crippen LogP contribution in [-0.2, 0) is 14.3 Å². The van der Waals surface area contributed by atoms with Gasteiger partial charge in [0.2, 0.25) is 5.91 Å². The molecule has 1 atom stereocenters. The SMILES string of the molecule is C#CCOC(=O)CNC(=O)[C@@H](C)N. The van der Waals surface area contributed by atoms with Crippen LogP contribution in [0, 0.1) is 12.3 Å². The Balaban J connectivity index is 3.59. The summed E-state index contributed by atoms with van der Waals surface area (Å²) in [6.45, 7) is 1.22. The zero-order valence-corrected chi connectivity index (χ0v) is 7.37. The smallest absolute Gasteiger partial charge is 0.326 e. The fourth-order valence-corrected chi connectivity index (χ4v) is 0.493. The number of rotatable bonds is 4. The third-order valence-electron chi connectivity index (χ3n) is 1.14. The van der Waals surface area contributed by atoms with Crippen molar-refractivity contribution in [3.8, 4) is 12.3 Å². The largest absolute Gasteiger partial charge is 0.451 e. The molecule has 0 unspecified atom stereocenters. The molecule has 0 bridgehead atoms. The van der Waals surface area contributed by atoms with Crippen LogP contribution >= 0.6 is 0 Å². The number of ether oxygens (including phenoxy) is 1. The van der Waals surface area contributed by atoms with Crippen LogP contribution < -0.4 is 11.1 Å². The molecule has 0 radical (unpaired) electrons. The van der Waals surface area contributed by atoms with E-state index in [2.05, 4.69) is 16.0 Å². The lowest BCUT2D eigenvalue weighted by Crippen LogP contribution is -2.41. The summed E-state index contributed by atoms with van der Waals surface area (Å²) in [6.07, 6.45) is 4.85. The highest BCUT2D eigenvalue weighted by atomic mass is 16.5. The molecule has 0 aromatic carbocycles. The number of hydrogen-bond acceptors (Lipinski definition) is 4. The van der Waals surface area contributed by atoms with E-state index in [-0.39, 0.29) is 13.2 Å². The van der Waals surface area contributed by atoms with E-state index >= 15 is 0 Å². The summed E-state index contributed by atoms with van der Waals surface area (Å²) < 4.78 is 4.49. The van der Waals surface area contributed by atoms with E-state index in [4.69, 9.17) is 12.2 Å². The van der Waals surface area contributed by atoms with Crippen molar-refractivity contribution in [2.24, 2.45) is 5.73 Å². The second-order valence-electron chi connectivity index (χ2n) is 2.37. The molecule has 0 saturated carbocycles. The highest BCUT2D eigenvalue weighted by molar-refractivity contribution is 5.85. The van der Waals surface area contributed by atoms with Crippen molar-refractivity contribution < 1.29 is 14.3 Å². The average molecular weight is 184 g/mol. The Morgan fingerprint density at radius 3 is 2.77 bits per heavy atom. The van der Waals surface area contributed by atoms with Crippen molar-refractivity contribution in [1.82, 2.24) is 5.32 Å². The second-order valence-corrected chi connectivity index (χ2v) is 2.37. The van der Waals surface area contributed by atoms with Gasteiger partial charge in [-0.15, -0.1) is 6.42 Å². The Kier molecular flexibility index (Phi) is 5.32. The molecule has 0 aliphatic carbocycles. The van der Waals surface area contributed by atoms with Gasteiger partial charge >= 0.3 is 5.97 Å². The van der Waals surface area contributed by atoms with Crippen LogP contribution in [0.1, 0.15) is 6.92 Å². The van der Waals surface area contributed by atoms with Gasteiger partial charge in [0.1, 0.15) is 6.54 Å². The van der Waals surface area contributed by atoms with Crippen molar-refractivity contribution in [2.45, 2.75) is 13.0 Å². The fraction of sp³-hybridized carbons (Fsp3) is 0.500. The first kappa shape index (κ1) is 11.5. The van der Waals surface area contributed by atoms with E-state index in [1.807, 2.05) is 0 Å². The predicted molar refractivity (Wildman–Crippen MR) is 46.5 cm³/mol. The maximum Gasteiger partial charge on any atom is 0.326 e. The van der Waals surface area contributed by atoms with Gasteiger partial charge in [-0.3, -0.25) is 9.59 Å². The summed E-state index contributed by atoms with van der Waals surface area (Å²) in [5.41, 5.74) is 5.23. The van der Waals surface area contributed by atoms with E-state index in [1.54, 1.807) is 0 Å². The molecule has 0 aliphatic rings. The molecule has 13 heavy (non-hydrogen) atoms. The molecule has 5 nitrogen and oxygen atoms in total. The van der Waals surface area contributed by atoms with Crippen LogP contribution in [-0.4, -0.2) is 31.1 Å². The van der Waals surface area contributed by atoms with E-state index < -0.39 is 17.9 Å². The van der Waals surface area contributed by atoms with Crippen molar-refractivity contribution in [1.29, 1.82) is 0 Å². The average Bonchev–Trinajstić information content (AvgIpc) is 2.10. The molecule has 1 amide bonds. The molecule has 72 valence electrons. The number of carbonyl (C=O) groups excluding carboxylic acids is 2. The van der Waals surface area contributed by atoms with Crippen molar-refractivity contribution >= 4 is 11.9 Å². The molecular weight excluding hydrogens is 172 g/mol. The standard InChI is InChI=1S/C8H12N2O3/c1-3-4-13-7(11)5-10-8(12)6(2)9/h1,6H,4-5,9H2,2H3,(H,10,12)/t6-/m1/s1. The van der Waals surface area contributed by atoms with Gasteiger partial charge in [0, 0.05) is 0 Å². The van der Waals surface area contributed by atoms with Crippen LogP contribution in [0.15, 0.2) is 0 Å². The zero-order valence-electron chi connectivity index (χ0n) is 7.37. The molecule has 0 aromatic heterocycles. The molecule has 5 heteroatoms. The maximum atomic E-state index is 10.8. The lowest BCUT2D eigenvalue weighted by Gasteiger charge is -2.06. The van der Waals surface area contributed by atoms with Crippen LogP contribution in [0.2, 0.25) is 0 Å². The first-order valence-corrected chi connectivity index (χ1v) is 3.70. The summed E-state index contributed by atoms with van der Waals surface area (Å²) in [4.78, 5) is 21.6. The number of terminal acetylenes is 1. The molecule has 0 saturated heterocycles. The van der Waals surface area contributed by atoms with Crippen LogP contribution in [0.4, 0.5) is 0 Å². The monoisotopic (exact) mass is 184 g/mol. The summed E-state index contributed by atoms with van der Waals surface area (Å²) in [5, 5.41) is 2.28.